The van der Waals surface area contributed by atoms with Gasteiger partial charge in [-0.3, -0.25) is 0 Å². The van der Waals surface area contributed by atoms with Crippen LogP contribution < -0.4 is 0 Å². The van der Waals surface area contributed by atoms with Crippen molar-refractivity contribution in [2.45, 2.75) is 39.8 Å². The zero-order valence-corrected chi connectivity index (χ0v) is 8.07. The minimum atomic E-state index is 0.900. The van der Waals surface area contributed by atoms with E-state index in [9.17, 15) is 0 Å². The lowest BCUT2D eigenvalue weighted by Crippen LogP contribution is -1.96. The lowest BCUT2D eigenvalue weighted by molar-refractivity contribution is 0.741. The Hall–Kier alpha value is 0.430. The van der Waals surface area contributed by atoms with Crippen LogP contribution in [0.15, 0.2) is 0 Å². The van der Waals surface area contributed by atoms with E-state index in [4.69, 9.17) is 0 Å². The lowest BCUT2D eigenvalue weighted by atomic mass is 10.3. The van der Waals surface area contributed by atoms with Gasteiger partial charge in [-0.1, -0.05) is 27.7 Å². The Bertz CT molecular complexity index is 59.6. The maximum atomic E-state index is 2.35. The van der Waals surface area contributed by atoms with Crippen molar-refractivity contribution in [2.75, 3.05) is 6.16 Å². The van der Waals surface area contributed by atoms with Crippen LogP contribution in [0.4, 0.5) is 0 Å². The van der Waals surface area contributed by atoms with Gasteiger partial charge in [-0.05, 0) is 24.2 Å². The Labute approximate surface area is 61.2 Å². The first-order valence-electron chi connectivity index (χ1n) is 3.90. The van der Waals surface area contributed by atoms with E-state index >= 15 is 0 Å². The summed E-state index contributed by atoms with van der Waals surface area (Å²) in [5, 5.41) is 0. The van der Waals surface area contributed by atoms with Crippen LogP contribution in [0.5, 0.6) is 0 Å². The predicted molar refractivity (Wildman–Crippen MR) is 47.8 cm³/mol. The van der Waals surface area contributed by atoms with E-state index in [-0.39, 0.29) is 0 Å². The lowest BCUT2D eigenvalue weighted by Gasteiger charge is -2.09. The second-order valence-electron chi connectivity index (χ2n) is 3.11. The maximum absolute atomic E-state index is 2.35. The first-order chi connectivity index (χ1) is 4.16. The minimum absolute atomic E-state index is 0.900. The molecule has 0 aromatic heterocycles. The average Bonchev–Trinajstić information content (AvgIpc) is 1.83. The van der Waals surface area contributed by atoms with Crippen LogP contribution in [-0.2, 0) is 0 Å². The second-order valence-corrected chi connectivity index (χ2v) is 4.91. The summed E-state index contributed by atoms with van der Waals surface area (Å²) >= 11 is 0. The number of hydrogen-bond donors (Lipinski definition) is 0. The summed E-state index contributed by atoms with van der Waals surface area (Å²) in [5.41, 5.74) is 0.965. The van der Waals surface area contributed by atoms with Crippen molar-refractivity contribution in [1.29, 1.82) is 0 Å². The molecule has 0 aliphatic rings. The molecule has 0 saturated carbocycles. The van der Waals surface area contributed by atoms with Crippen molar-refractivity contribution in [2.24, 2.45) is 5.92 Å². The van der Waals surface area contributed by atoms with Gasteiger partial charge in [-0.2, -0.15) is 0 Å². The van der Waals surface area contributed by atoms with Crippen molar-refractivity contribution in [1.82, 2.24) is 0 Å². The molecule has 0 N–H and O–H groups in total. The van der Waals surface area contributed by atoms with Gasteiger partial charge in [0.05, 0.1) is 0 Å². The molecule has 0 aliphatic carbocycles. The molecule has 0 aliphatic heterocycles. The van der Waals surface area contributed by atoms with Gasteiger partial charge in [0, 0.05) is 0 Å². The van der Waals surface area contributed by atoms with Crippen LogP contribution in [0.25, 0.3) is 0 Å². The summed E-state index contributed by atoms with van der Waals surface area (Å²) in [6.45, 7) is 9.23. The molecule has 0 fully saturated rings. The van der Waals surface area contributed by atoms with Crippen molar-refractivity contribution in [3.05, 3.63) is 0 Å². The van der Waals surface area contributed by atoms with E-state index in [0.29, 0.717) is 0 Å². The highest BCUT2D eigenvalue weighted by Crippen LogP contribution is 2.23. The second kappa shape index (κ2) is 5.23. The molecule has 0 aromatic carbocycles. The standard InChI is InChI=1S/C8H19P/c1-5-8(4)9-6-7(2)3/h7-9H,5-6H2,1-4H3. The largest absolute Gasteiger partial charge is 0.119 e. The number of rotatable bonds is 4. The Balaban J connectivity index is 3.06. The molecule has 0 nitrogen and oxygen atoms in total. The highest BCUT2D eigenvalue weighted by Gasteiger charge is 1.99. The molecule has 0 heterocycles. The molecular formula is C8H19P. The van der Waals surface area contributed by atoms with Crippen LogP contribution in [-0.4, -0.2) is 11.8 Å². The Kier molecular flexibility index (Phi) is 5.48. The highest BCUT2D eigenvalue weighted by molar-refractivity contribution is 7.38. The average molecular weight is 146 g/mol. The molecule has 0 amide bonds. The van der Waals surface area contributed by atoms with Crippen LogP contribution in [0.3, 0.4) is 0 Å². The van der Waals surface area contributed by atoms with Crippen molar-refractivity contribution in [3.63, 3.8) is 0 Å². The molecule has 56 valence electrons. The first kappa shape index (κ1) is 9.43. The van der Waals surface area contributed by atoms with E-state index in [1.165, 1.54) is 21.2 Å². The molecule has 0 saturated heterocycles. The zero-order valence-electron chi connectivity index (χ0n) is 7.07. The molecule has 0 aromatic rings. The molecule has 2 unspecified atom stereocenters. The minimum Gasteiger partial charge on any atom is -0.119 e. The molecular weight excluding hydrogens is 127 g/mol. The van der Waals surface area contributed by atoms with Gasteiger partial charge in [0.25, 0.3) is 0 Å². The van der Waals surface area contributed by atoms with Crippen molar-refractivity contribution >= 4 is 8.58 Å². The van der Waals surface area contributed by atoms with E-state index in [1.54, 1.807) is 0 Å². The van der Waals surface area contributed by atoms with E-state index in [1.807, 2.05) is 0 Å². The SMILES string of the molecule is CCC(C)PCC(C)C. The Morgan fingerprint density at radius 3 is 2.11 bits per heavy atom. The fourth-order valence-electron chi connectivity index (χ4n) is 0.581. The van der Waals surface area contributed by atoms with E-state index in [2.05, 4.69) is 27.7 Å². The highest BCUT2D eigenvalue weighted by atomic mass is 31.1. The predicted octanol–water partition coefficient (Wildman–Crippen LogP) is 3.12. The summed E-state index contributed by atoms with van der Waals surface area (Å²) in [6, 6.07) is 0. The third-order valence-electron chi connectivity index (χ3n) is 1.49. The Morgan fingerprint density at radius 2 is 1.78 bits per heavy atom. The van der Waals surface area contributed by atoms with Crippen LogP contribution in [0, 0.1) is 5.92 Å². The summed E-state index contributed by atoms with van der Waals surface area (Å²) in [4.78, 5) is 0. The summed E-state index contributed by atoms with van der Waals surface area (Å²) in [5.74, 6) is 0.900. The molecule has 0 rings (SSSR count). The Morgan fingerprint density at radius 1 is 1.22 bits per heavy atom. The smallest absolute Gasteiger partial charge is 0.0268 e. The molecule has 1 heteroatoms. The van der Waals surface area contributed by atoms with E-state index in [0.717, 1.165) is 11.6 Å². The normalized spacial score (nSPS) is 15.7. The fourth-order valence-corrected chi connectivity index (χ4v) is 1.74. The molecule has 0 radical (unpaired) electrons. The molecule has 0 bridgehead atoms. The van der Waals surface area contributed by atoms with Gasteiger partial charge >= 0.3 is 0 Å². The van der Waals surface area contributed by atoms with Crippen LogP contribution in [0.2, 0.25) is 0 Å². The third kappa shape index (κ3) is 6.31. The van der Waals surface area contributed by atoms with Crippen LogP contribution in [0.1, 0.15) is 34.1 Å². The van der Waals surface area contributed by atoms with Gasteiger partial charge in [-0.15, -0.1) is 8.58 Å². The van der Waals surface area contributed by atoms with Gasteiger partial charge < -0.3 is 0 Å². The van der Waals surface area contributed by atoms with Crippen molar-refractivity contribution < 1.29 is 0 Å². The van der Waals surface area contributed by atoms with Gasteiger partial charge in [0.1, 0.15) is 0 Å². The number of hydrogen-bond acceptors (Lipinski definition) is 0. The zero-order chi connectivity index (χ0) is 7.28. The quantitative estimate of drug-likeness (QED) is 0.534. The summed E-state index contributed by atoms with van der Waals surface area (Å²) < 4.78 is 0. The molecule has 9 heavy (non-hydrogen) atoms. The summed E-state index contributed by atoms with van der Waals surface area (Å²) in [6.07, 6.45) is 2.78. The third-order valence-corrected chi connectivity index (χ3v) is 3.64. The van der Waals surface area contributed by atoms with Gasteiger partial charge in [0.2, 0.25) is 0 Å². The van der Waals surface area contributed by atoms with Gasteiger partial charge in [-0.25, -0.2) is 0 Å². The monoisotopic (exact) mass is 146 g/mol. The maximum Gasteiger partial charge on any atom is -0.0268 e. The molecule has 0 spiro atoms. The fraction of sp³-hybridized carbons (Fsp3) is 1.00. The first-order valence-corrected chi connectivity index (χ1v) is 5.18. The van der Waals surface area contributed by atoms with Crippen molar-refractivity contribution in [3.8, 4) is 0 Å². The van der Waals surface area contributed by atoms with Gasteiger partial charge in [0.15, 0.2) is 0 Å². The molecule has 2 atom stereocenters. The van der Waals surface area contributed by atoms with Crippen LogP contribution >= 0.6 is 8.58 Å². The topological polar surface area (TPSA) is 0 Å². The van der Waals surface area contributed by atoms with E-state index < -0.39 is 0 Å². The summed E-state index contributed by atoms with van der Waals surface area (Å²) in [7, 11) is 1.19.